The molecule has 2 heteroatoms. The van der Waals surface area contributed by atoms with Crippen LogP contribution >= 0.6 is 0 Å². The Kier molecular flexibility index (Phi) is 13.1. The van der Waals surface area contributed by atoms with Gasteiger partial charge in [0.25, 0.3) is 0 Å². The second-order valence-electron chi connectivity index (χ2n) is 3.03. The minimum atomic E-state index is 0. The first-order valence-electron chi connectivity index (χ1n) is 4.98. The average molecular weight is 177 g/mol. The minimum Gasteiger partial charge on any atom is -0.377 e. The van der Waals surface area contributed by atoms with Gasteiger partial charge < -0.3 is 10.1 Å². The largest absolute Gasteiger partial charge is 0.377 e. The number of ether oxygens (including phenoxy) is 1. The Hall–Kier alpha value is -0.0800. The highest BCUT2D eigenvalue weighted by Crippen LogP contribution is 1.85. The van der Waals surface area contributed by atoms with Gasteiger partial charge in [-0.3, -0.25) is 0 Å². The first kappa shape index (κ1) is 14.4. The summed E-state index contributed by atoms with van der Waals surface area (Å²) in [5, 5.41) is 3.28. The van der Waals surface area contributed by atoms with Gasteiger partial charge in [0, 0.05) is 14.0 Å². The maximum atomic E-state index is 5.33. The topological polar surface area (TPSA) is 21.3 Å². The summed E-state index contributed by atoms with van der Waals surface area (Å²) in [6, 6.07) is 0.566. The van der Waals surface area contributed by atoms with E-state index in [4.69, 9.17) is 4.74 Å². The standard InChI is InChI=1S/C8H19NO.C2H6.H2/c1-7(2)9-5-6-10-8(3)4;1-2;/h7-9H,5-6H2,1-4H3;1-2H3;1H. The smallest absolute Gasteiger partial charge is 0.0594 e. The van der Waals surface area contributed by atoms with E-state index < -0.39 is 0 Å². The molecule has 0 aliphatic heterocycles. The normalized spacial score (nSPS) is 10.0. The molecular weight excluding hydrogens is 150 g/mol. The predicted octanol–water partition coefficient (Wildman–Crippen LogP) is 2.68. The first-order valence-corrected chi connectivity index (χ1v) is 4.98. The van der Waals surface area contributed by atoms with Crippen LogP contribution in [0, 0.1) is 0 Å². The molecule has 0 aromatic heterocycles. The van der Waals surface area contributed by atoms with E-state index >= 15 is 0 Å². The van der Waals surface area contributed by atoms with Crippen LogP contribution in [0.25, 0.3) is 0 Å². The third-order valence-electron chi connectivity index (χ3n) is 1.11. The molecule has 78 valence electrons. The van der Waals surface area contributed by atoms with Gasteiger partial charge in [-0.05, 0) is 13.8 Å². The van der Waals surface area contributed by atoms with Gasteiger partial charge in [0.15, 0.2) is 0 Å². The summed E-state index contributed by atoms with van der Waals surface area (Å²) in [4.78, 5) is 0. The summed E-state index contributed by atoms with van der Waals surface area (Å²) in [7, 11) is 0. The zero-order valence-electron chi connectivity index (χ0n) is 9.48. The van der Waals surface area contributed by atoms with E-state index in [1.165, 1.54) is 0 Å². The van der Waals surface area contributed by atoms with Gasteiger partial charge in [0.2, 0.25) is 0 Å². The highest BCUT2D eigenvalue weighted by atomic mass is 16.5. The second-order valence-corrected chi connectivity index (χ2v) is 3.03. The van der Waals surface area contributed by atoms with Crippen LogP contribution < -0.4 is 5.32 Å². The molecule has 0 saturated heterocycles. The lowest BCUT2D eigenvalue weighted by Crippen LogP contribution is -2.27. The van der Waals surface area contributed by atoms with Crippen LogP contribution in [0.5, 0.6) is 0 Å². The summed E-state index contributed by atoms with van der Waals surface area (Å²) in [6.07, 6.45) is 0.356. The zero-order valence-corrected chi connectivity index (χ0v) is 9.48. The van der Waals surface area contributed by atoms with Gasteiger partial charge >= 0.3 is 0 Å². The summed E-state index contributed by atoms with van der Waals surface area (Å²) in [6.45, 7) is 14.1. The quantitative estimate of drug-likeness (QED) is 0.652. The Balaban J connectivity index is -0.000000309. The van der Waals surface area contributed by atoms with Crippen molar-refractivity contribution in [2.24, 2.45) is 0 Å². The molecule has 0 saturated carbocycles. The summed E-state index contributed by atoms with van der Waals surface area (Å²) < 4.78 is 5.33. The van der Waals surface area contributed by atoms with E-state index in [9.17, 15) is 0 Å². The number of rotatable bonds is 5. The van der Waals surface area contributed by atoms with Gasteiger partial charge in [-0.25, -0.2) is 0 Å². The average Bonchev–Trinajstić information content (AvgIpc) is 2.02. The Labute approximate surface area is 79.2 Å². The summed E-state index contributed by atoms with van der Waals surface area (Å²) >= 11 is 0. The lowest BCUT2D eigenvalue weighted by molar-refractivity contribution is 0.0799. The van der Waals surface area contributed by atoms with Crippen molar-refractivity contribution in [2.45, 2.75) is 53.7 Å². The third kappa shape index (κ3) is 16.5. The number of nitrogens with one attached hydrogen (secondary N) is 1. The molecule has 0 aliphatic rings. The summed E-state index contributed by atoms with van der Waals surface area (Å²) in [5.74, 6) is 0. The Bertz CT molecular complexity index is 67.3. The lowest BCUT2D eigenvalue weighted by atomic mass is 10.4. The predicted molar refractivity (Wildman–Crippen MR) is 57.7 cm³/mol. The monoisotopic (exact) mass is 177 g/mol. The molecule has 1 N–H and O–H groups in total. The fourth-order valence-electron chi connectivity index (χ4n) is 0.642. The molecule has 2 nitrogen and oxygen atoms in total. The fraction of sp³-hybridized carbons (Fsp3) is 1.00. The summed E-state index contributed by atoms with van der Waals surface area (Å²) in [5.41, 5.74) is 0. The first-order chi connectivity index (χ1) is 5.63. The van der Waals surface area contributed by atoms with Crippen LogP contribution in [0.1, 0.15) is 43.0 Å². The van der Waals surface area contributed by atoms with Crippen molar-refractivity contribution in [1.82, 2.24) is 5.32 Å². The molecule has 0 atom stereocenters. The van der Waals surface area contributed by atoms with Gasteiger partial charge in [-0.15, -0.1) is 0 Å². The van der Waals surface area contributed by atoms with E-state index in [1.807, 2.05) is 13.8 Å². The molecule has 0 rings (SSSR count). The van der Waals surface area contributed by atoms with E-state index in [-0.39, 0.29) is 1.43 Å². The SMILES string of the molecule is CC.CC(C)NCCOC(C)C.[HH]. The van der Waals surface area contributed by atoms with Crippen LogP contribution in [0.3, 0.4) is 0 Å². The van der Waals surface area contributed by atoms with Crippen molar-refractivity contribution >= 4 is 0 Å². The third-order valence-corrected chi connectivity index (χ3v) is 1.11. The van der Waals surface area contributed by atoms with Crippen LogP contribution in [0.2, 0.25) is 0 Å². The molecule has 0 aromatic carbocycles. The molecule has 0 fully saturated rings. The molecule has 0 aromatic rings. The number of hydrogen-bond donors (Lipinski definition) is 1. The van der Waals surface area contributed by atoms with Crippen molar-refractivity contribution < 1.29 is 6.16 Å². The van der Waals surface area contributed by atoms with Gasteiger partial charge in [-0.1, -0.05) is 27.7 Å². The molecule has 0 amide bonds. The maximum absolute atomic E-state index is 5.33. The van der Waals surface area contributed by atoms with E-state index in [0.717, 1.165) is 13.2 Å². The van der Waals surface area contributed by atoms with E-state index in [0.29, 0.717) is 12.1 Å². The van der Waals surface area contributed by atoms with Gasteiger partial charge in [0.05, 0.1) is 12.7 Å². The van der Waals surface area contributed by atoms with Gasteiger partial charge in [-0.2, -0.15) is 0 Å². The molecule has 0 unspecified atom stereocenters. The Morgan fingerprint density at radius 3 is 2.00 bits per heavy atom. The van der Waals surface area contributed by atoms with Crippen molar-refractivity contribution in [3.63, 3.8) is 0 Å². The molecule has 0 radical (unpaired) electrons. The Morgan fingerprint density at radius 2 is 1.67 bits per heavy atom. The molecular formula is C10H27NO. The van der Waals surface area contributed by atoms with Gasteiger partial charge in [0.1, 0.15) is 0 Å². The van der Waals surface area contributed by atoms with Crippen molar-refractivity contribution in [2.75, 3.05) is 13.2 Å². The molecule has 0 heterocycles. The van der Waals surface area contributed by atoms with E-state index in [2.05, 4.69) is 33.0 Å². The van der Waals surface area contributed by atoms with Crippen LogP contribution in [-0.2, 0) is 4.74 Å². The highest BCUT2D eigenvalue weighted by Gasteiger charge is 1.93. The Morgan fingerprint density at radius 1 is 1.17 bits per heavy atom. The minimum absolute atomic E-state index is 0. The van der Waals surface area contributed by atoms with Crippen molar-refractivity contribution in [1.29, 1.82) is 0 Å². The van der Waals surface area contributed by atoms with Crippen molar-refractivity contribution in [3.8, 4) is 0 Å². The van der Waals surface area contributed by atoms with Crippen LogP contribution in [-0.4, -0.2) is 25.3 Å². The molecule has 12 heavy (non-hydrogen) atoms. The molecule has 0 bridgehead atoms. The number of hydrogen-bond acceptors (Lipinski definition) is 2. The maximum Gasteiger partial charge on any atom is 0.0594 e. The van der Waals surface area contributed by atoms with E-state index in [1.54, 1.807) is 0 Å². The van der Waals surface area contributed by atoms with Crippen LogP contribution in [0.15, 0.2) is 0 Å². The second kappa shape index (κ2) is 10.9. The fourth-order valence-corrected chi connectivity index (χ4v) is 0.642. The van der Waals surface area contributed by atoms with Crippen LogP contribution in [0.4, 0.5) is 0 Å². The lowest BCUT2D eigenvalue weighted by Gasteiger charge is -2.10. The molecule has 0 spiro atoms. The zero-order chi connectivity index (χ0) is 9.98. The molecule has 0 aliphatic carbocycles. The highest BCUT2D eigenvalue weighted by molar-refractivity contribution is 4.51. The van der Waals surface area contributed by atoms with Crippen molar-refractivity contribution in [3.05, 3.63) is 0 Å².